The maximum Gasteiger partial charge on any atom is 0.278 e. The zero-order valence-corrected chi connectivity index (χ0v) is 12.3. The Bertz CT molecular complexity index is 616. The van der Waals surface area contributed by atoms with Crippen molar-refractivity contribution in [2.45, 2.75) is 12.4 Å². The van der Waals surface area contributed by atoms with Crippen molar-refractivity contribution in [2.24, 2.45) is 11.5 Å². The molecule has 0 saturated heterocycles. The number of aliphatic hydroxyl groups is 1. The highest BCUT2D eigenvalue weighted by Gasteiger charge is 2.32. The van der Waals surface area contributed by atoms with E-state index in [1.54, 1.807) is 12.1 Å². The van der Waals surface area contributed by atoms with Gasteiger partial charge < -0.3 is 31.4 Å². The molecule has 0 saturated carbocycles. The number of rotatable bonds is 4. The van der Waals surface area contributed by atoms with Gasteiger partial charge in [0.25, 0.3) is 11.9 Å². The number of nitrogens with one attached hydrogen (secondary N) is 2. The molecule has 0 radical (unpaired) electrons. The van der Waals surface area contributed by atoms with E-state index in [2.05, 4.69) is 10.6 Å². The predicted molar refractivity (Wildman–Crippen MR) is 79.3 cm³/mol. The molecule has 2 rings (SSSR count). The molecule has 1 atom stereocenters. The molecule has 1 aromatic rings. The minimum absolute atomic E-state index is 0.0106. The zero-order chi connectivity index (χ0) is 16.5. The van der Waals surface area contributed by atoms with Crippen molar-refractivity contribution >= 4 is 11.6 Å². The van der Waals surface area contributed by atoms with E-state index in [0.717, 1.165) is 0 Å². The highest BCUT2D eigenvalue weighted by molar-refractivity contribution is 5.95. The molecule has 1 aromatic carbocycles. The van der Waals surface area contributed by atoms with Gasteiger partial charge in [0, 0.05) is 6.42 Å². The summed E-state index contributed by atoms with van der Waals surface area (Å²) >= 11 is 0. The van der Waals surface area contributed by atoms with E-state index in [1.165, 1.54) is 14.2 Å². The molecule has 1 aliphatic rings. The van der Waals surface area contributed by atoms with Crippen LogP contribution in [0.1, 0.15) is 5.56 Å². The fraction of sp³-hybridized carbons (Fsp3) is 0.308. The van der Waals surface area contributed by atoms with Crippen molar-refractivity contribution in [3.8, 4) is 11.5 Å². The van der Waals surface area contributed by atoms with E-state index in [0.29, 0.717) is 22.7 Å². The minimum Gasteiger partial charge on any atom is -0.494 e. The van der Waals surface area contributed by atoms with E-state index >= 15 is 0 Å². The summed E-state index contributed by atoms with van der Waals surface area (Å²) in [6.45, 7) is 0. The largest absolute Gasteiger partial charge is 0.494 e. The van der Waals surface area contributed by atoms with Gasteiger partial charge in [-0.15, -0.1) is 0 Å². The summed E-state index contributed by atoms with van der Waals surface area (Å²) < 4.78 is 10.4. The summed E-state index contributed by atoms with van der Waals surface area (Å²) in [6.07, 6.45) is 0.174. The lowest BCUT2D eigenvalue weighted by atomic mass is 10.0. The van der Waals surface area contributed by atoms with Crippen LogP contribution in [0.3, 0.4) is 0 Å². The summed E-state index contributed by atoms with van der Waals surface area (Å²) in [5, 5.41) is 14.1. The lowest BCUT2D eigenvalue weighted by Gasteiger charge is -2.32. The van der Waals surface area contributed by atoms with Crippen LogP contribution in [0.5, 0.6) is 11.5 Å². The Labute approximate surface area is 127 Å². The first-order chi connectivity index (χ1) is 10.3. The Morgan fingerprint density at radius 2 is 1.73 bits per heavy atom. The van der Waals surface area contributed by atoms with Crippen molar-refractivity contribution in [2.75, 3.05) is 20.0 Å². The van der Waals surface area contributed by atoms with E-state index in [9.17, 15) is 9.90 Å². The topological polar surface area (TPSA) is 158 Å². The van der Waals surface area contributed by atoms with Crippen LogP contribution in [0, 0.1) is 0 Å². The van der Waals surface area contributed by atoms with Gasteiger partial charge in [-0.2, -0.15) is 0 Å². The van der Waals surface area contributed by atoms with Gasteiger partial charge in [0.05, 0.1) is 19.8 Å². The molecule has 9 heteroatoms. The van der Waals surface area contributed by atoms with E-state index in [4.69, 9.17) is 26.7 Å². The van der Waals surface area contributed by atoms with Crippen LogP contribution in [0.25, 0.3) is 0 Å². The first-order valence-corrected chi connectivity index (χ1v) is 6.38. The number of carbonyl (C=O) groups excluding carboxylic acids is 1. The number of hydrogen-bond donors (Lipinski definition) is 6. The van der Waals surface area contributed by atoms with Crippen molar-refractivity contribution in [1.29, 1.82) is 0 Å². The molecule has 0 bridgehead atoms. The molecular formula is C13H19N5O4. The molecule has 22 heavy (non-hydrogen) atoms. The molecule has 120 valence electrons. The standard InChI is InChI=1S/C13H19N5O4/c1-21-8-4-6(5-9(22-2)10(8)14)3-7-11(15)17-13(16,20)18-12(7)19/h4-5,17,20H,3,14-16H2,1-2H3,(H,18,19). The van der Waals surface area contributed by atoms with Gasteiger partial charge in [0.15, 0.2) is 0 Å². The van der Waals surface area contributed by atoms with Crippen LogP contribution in [-0.4, -0.2) is 31.2 Å². The molecule has 1 heterocycles. The second kappa shape index (κ2) is 5.62. The SMILES string of the molecule is COc1cc(CC2=C(N)NC(N)(O)NC2=O)cc(OC)c1N. The molecule has 1 unspecified atom stereocenters. The minimum atomic E-state index is -2.07. The van der Waals surface area contributed by atoms with Gasteiger partial charge in [-0.1, -0.05) is 0 Å². The Kier molecular flexibility index (Phi) is 4.02. The number of carbonyl (C=O) groups is 1. The number of anilines is 1. The number of amides is 1. The fourth-order valence-electron chi connectivity index (χ4n) is 2.16. The van der Waals surface area contributed by atoms with Crippen LogP contribution in [0.15, 0.2) is 23.5 Å². The van der Waals surface area contributed by atoms with Gasteiger partial charge in [0.2, 0.25) is 0 Å². The average molecular weight is 309 g/mol. The lowest BCUT2D eigenvalue weighted by Crippen LogP contribution is -2.69. The molecule has 1 amide bonds. The van der Waals surface area contributed by atoms with Crippen molar-refractivity contribution in [3.63, 3.8) is 0 Å². The Hall–Kier alpha value is -2.65. The van der Waals surface area contributed by atoms with Crippen LogP contribution in [0.4, 0.5) is 5.69 Å². The van der Waals surface area contributed by atoms with Crippen LogP contribution in [0.2, 0.25) is 0 Å². The number of nitrogens with two attached hydrogens (primary N) is 3. The maximum atomic E-state index is 12.0. The molecule has 0 spiro atoms. The van der Waals surface area contributed by atoms with Gasteiger partial charge in [0.1, 0.15) is 23.0 Å². The number of nitrogen functional groups attached to an aromatic ring is 1. The first-order valence-electron chi connectivity index (χ1n) is 6.38. The third-order valence-corrected chi connectivity index (χ3v) is 3.21. The number of hydrogen-bond acceptors (Lipinski definition) is 8. The summed E-state index contributed by atoms with van der Waals surface area (Å²) in [5.74, 6) is -1.80. The first kappa shape index (κ1) is 15.7. The molecule has 0 aliphatic carbocycles. The lowest BCUT2D eigenvalue weighted by molar-refractivity contribution is -0.128. The second-order valence-electron chi connectivity index (χ2n) is 4.83. The Morgan fingerprint density at radius 3 is 2.18 bits per heavy atom. The summed E-state index contributed by atoms with van der Waals surface area (Å²) in [4.78, 5) is 12.0. The smallest absolute Gasteiger partial charge is 0.278 e. The zero-order valence-electron chi connectivity index (χ0n) is 12.3. The Balaban J connectivity index is 2.37. The second-order valence-corrected chi connectivity index (χ2v) is 4.83. The molecule has 0 fully saturated rings. The van der Waals surface area contributed by atoms with E-state index in [1.807, 2.05) is 0 Å². The van der Waals surface area contributed by atoms with Crippen molar-refractivity contribution < 1.29 is 19.4 Å². The quantitative estimate of drug-likeness (QED) is 0.283. The summed E-state index contributed by atoms with van der Waals surface area (Å²) in [5.41, 5.74) is 18.3. The normalized spacial score (nSPS) is 21.2. The summed E-state index contributed by atoms with van der Waals surface area (Å²) in [6, 6.07) is 3.35. The number of methoxy groups -OCH3 is 2. The molecular weight excluding hydrogens is 290 g/mol. The molecule has 9 N–H and O–H groups in total. The predicted octanol–water partition coefficient (Wildman–Crippen LogP) is -1.72. The molecule has 1 aliphatic heterocycles. The van der Waals surface area contributed by atoms with E-state index in [-0.39, 0.29) is 17.8 Å². The third kappa shape index (κ3) is 3.00. The van der Waals surface area contributed by atoms with Crippen LogP contribution < -0.4 is 37.3 Å². The monoisotopic (exact) mass is 309 g/mol. The van der Waals surface area contributed by atoms with Crippen molar-refractivity contribution in [3.05, 3.63) is 29.1 Å². The molecule has 9 nitrogen and oxygen atoms in total. The van der Waals surface area contributed by atoms with Gasteiger partial charge in [-0.25, -0.2) is 0 Å². The van der Waals surface area contributed by atoms with Gasteiger partial charge in [-0.3, -0.25) is 15.8 Å². The van der Waals surface area contributed by atoms with Gasteiger partial charge in [-0.05, 0) is 17.7 Å². The van der Waals surface area contributed by atoms with E-state index < -0.39 is 11.9 Å². The van der Waals surface area contributed by atoms with Crippen LogP contribution in [-0.2, 0) is 11.2 Å². The van der Waals surface area contributed by atoms with Crippen LogP contribution >= 0.6 is 0 Å². The van der Waals surface area contributed by atoms with Crippen molar-refractivity contribution in [1.82, 2.24) is 10.6 Å². The fourth-order valence-corrected chi connectivity index (χ4v) is 2.16. The highest BCUT2D eigenvalue weighted by atomic mass is 16.5. The summed E-state index contributed by atoms with van der Waals surface area (Å²) in [7, 11) is 2.96. The number of ether oxygens (including phenoxy) is 2. The molecule has 0 aromatic heterocycles. The highest BCUT2D eigenvalue weighted by Crippen LogP contribution is 2.34. The average Bonchev–Trinajstić information content (AvgIpc) is 2.43. The van der Waals surface area contributed by atoms with Gasteiger partial charge >= 0.3 is 0 Å². The Morgan fingerprint density at radius 1 is 1.18 bits per heavy atom. The maximum absolute atomic E-state index is 12.0. The third-order valence-electron chi connectivity index (χ3n) is 3.21. The number of benzene rings is 1.